The molecule has 5 N–H and O–H groups in total. The number of hydrogen-bond donors (Lipinski definition) is 5. The predicted molar refractivity (Wildman–Crippen MR) is 158 cm³/mol. The Morgan fingerprint density at radius 3 is 2.15 bits per heavy atom. The van der Waals surface area contributed by atoms with Crippen LogP contribution in [0.5, 0.6) is 5.75 Å². The fourth-order valence-corrected chi connectivity index (χ4v) is 5.80. The van der Waals surface area contributed by atoms with Crippen molar-refractivity contribution in [1.82, 2.24) is 0 Å². The molecule has 0 radical (unpaired) electrons. The summed E-state index contributed by atoms with van der Waals surface area (Å²) in [6, 6.07) is 16.8. The lowest BCUT2D eigenvalue weighted by Gasteiger charge is -2.40. The molecule has 0 bridgehead atoms. The van der Waals surface area contributed by atoms with E-state index in [1.807, 2.05) is 43.3 Å². The second kappa shape index (κ2) is 14.1. The number of Topliss-reactive ketones (excluding diaryl/α,β-unsaturated/α-hetero) is 1. The minimum absolute atomic E-state index is 0.100. The van der Waals surface area contributed by atoms with Crippen molar-refractivity contribution in [2.24, 2.45) is 0 Å². The molecule has 1 heterocycles. The highest BCUT2D eigenvalue weighted by molar-refractivity contribution is 6.34. The first-order chi connectivity index (χ1) is 19.5. The smallest absolute Gasteiger partial charge is 0.133 e. The number of ketones is 1. The molecule has 0 aliphatic carbocycles. The molecule has 0 amide bonds. The fourth-order valence-electron chi connectivity index (χ4n) is 5.23. The number of aromatic hydroxyl groups is 1. The Morgan fingerprint density at radius 1 is 0.829 bits per heavy atom. The molecule has 9 heteroatoms. The van der Waals surface area contributed by atoms with Crippen molar-refractivity contribution in [2.45, 2.75) is 76.0 Å². The Bertz CT molecular complexity index is 1320. The number of ether oxygens (including phenoxy) is 1. The summed E-state index contributed by atoms with van der Waals surface area (Å²) < 4.78 is 5.66. The van der Waals surface area contributed by atoms with Gasteiger partial charge in [-0.2, -0.15) is 0 Å². The van der Waals surface area contributed by atoms with Gasteiger partial charge in [0.15, 0.2) is 0 Å². The highest BCUT2D eigenvalue weighted by Gasteiger charge is 2.44. The highest BCUT2D eigenvalue weighted by atomic mass is 35.5. The summed E-state index contributed by atoms with van der Waals surface area (Å²) in [6.07, 6.45) is -2.98. The fraction of sp³-hybridized carbons (Fsp3) is 0.406. The van der Waals surface area contributed by atoms with Crippen LogP contribution < -0.4 is 0 Å². The molecule has 0 saturated carbocycles. The second-order valence-electron chi connectivity index (χ2n) is 10.8. The molecule has 41 heavy (non-hydrogen) atoms. The van der Waals surface area contributed by atoms with Crippen molar-refractivity contribution < 1.29 is 35.1 Å². The lowest BCUT2D eigenvalue weighted by Crippen LogP contribution is -2.55. The van der Waals surface area contributed by atoms with Gasteiger partial charge in [-0.25, -0.2) is 0 Å². The maximum atomic E-state index is 12.4. The number of carbonyl (C=O) groups is 1. The van der Waals surface area contributed by atoms with Crippen molar-refractivity contribution in [1.29, 1.82) is 0 Å². The van der Waals surface area contributed by atoms with Crippen LogP contribution in [0.1, 0.15) is 58.7 Å². The van der Waals surface area contributed by atoms with Gasteiger partial charge < -0.3 is 30.3 Å². The SMILES string of the molecule is Cc1cc(O)c([C@@H]2O[C@H](CO)[C@@H](O)[C@H](O)[C@H]2O)cc1Cc1ccc(CCCC(=O)CCc2cc(Cl)cc(Cl)c2)cc1. The molecule has 0 unspecified atom stereocenters. The van der Waals surface area contributed by atoms with E-state index in [2.05, 4.69) is 0 Å². The van der Waals surface area contributed by atoms with Gasteiger partial charge in [-0.05, 0) is 90.8 Å². The topological polar surface area (TPSA) is 127 Å². The molecular weight excluding hydrogens is 567 g/mol. The monoisotopic (exact) mass is 602 g/mol. The number of benzene rings is 3. The zero-order valence-electron chi connectivity index (χ0n) is 22.8. The van der Waals surface area contributed by atoms with Gasteiger partial charge in [0.1, 0.15) is 42.1 Å². The number of aliphatic hydroxyl groups excluding tert-OH is 4. The van der Waals surface area contributed by atoms with E-state index in [1.165, 1.54) is 0 Å². The van der Waals surface area contributed by atoms with Crippen LogP contribution >= 0.6 is 23.2 Å². The molecule has 3 aromatic rings. The number of hydrogen-bond acceptors (Lipinski definition) is 7. The average molecular weight is 604 g/mol. The van der Waals surface area contributed by atoms with Gasteiger partial charge in [-0.3, -0.25) is 4.79 Å². The molecule has 1 fully saturated rings. The third kappa shape index (κ3) is 8.08. The summed E-state index contributed by atoms with van der Waals surface area (Å²) in [5.41, 5.74) is 5.15. The standard InChI is InChI=1S/C32H36Cl2O7/c1-18-11-27(37)26(32-31(40)30(39)29(38)28(17-35)41-32)15-22(18)12-20-7-5-19(6-8-20)3-2-4-25(36)10-9-21-13-23(33)16-24(34)14-21/h5-8,11,13-16,28-32,35,37-40H,2-4,9-10,12,17H2,1H3/t28-,29-,30+,31-,32+/m1/s1. The van der Waals surface area contributed by atoms with Gasteiger partial charge in [-0.1, -0.05) is 47.5 Å². The predicted octanol–water partition coefficient (Wildman–Crippen LogP) is 4.64. The summed E-state index contributed by atoms with van der Waals surface area (Å²) in [5, 5.41) is 52.1. The number of carbonyl (C=O) groups excluding carboxylic acids is 1. The Labute approximate surface area is 250 Å². The molecule has 1 aliphatic heterocycles. The number of phenols is 1. The maximum absolute atomic E-state index is 12.4. The average Bonchev–Trinajstić information content (AvgIpc) is 2.93. The van der Waals surface area contributed by atoms with Crippen LogP contribution in [0.25, 0.3) is 0 Å². The van der Waals surface area contributed by atoms with Gasteiger partial charge in [0.25, 0.3) is 0 Å². The summed E-state index contributed by atoms with van der Waals surface area (Å²) in [5.74, 6) is 0.104. The largest absolute Gasteiger partial charge is 0.508 e. The minimum atomic E-state index is -1.53. The minimum Gasteiger partial charge on any atom is -0.508 e. The number of phenolic OH excluding ortho intramolecular Hbond substituents is 1. The number of halogens is 2. The van der Waals surface area contributed by atoms with Crippen molar-refractivity contribution in [2.75, 3.05) is 6.61 Å². The van der Waals surface area contributed by atoms with Crippen molar-refractivity contribution in [3.05, 3.63) is 98.0 Å². The number of aliphatic hydroxyl groups is 4. The van der Waals surface area contributed by atoms with Crippen molar-refractivity contribution >= 4 is 29.0 Å². The lowest BCUT2D eigenvalue weighted by atomic mass is 9.88. The van der Waals surface area contributed by atoms with Crippen molar-refractivity contribution in [3.63, 3.8) is 0 Å². The Morgan fingerprint density at radius 2 is 1.49 bits per heavy atom. The van der Waals surface area contributed by atoms with Gasteiger partial charge in [0, 0.05) is 28.5 Å². The zero-order valence-corrected chi connectivity index (χ0v) is 24.4. The number of aryl methyl sites for hydroxylation is 3. The van der Waals surface area contributed by atoms with Gasteiger partial charge in [0.05, 0.1) is 6.61 Å². The van der Waals surface area contributed by atoms with Gasteiger partial charge in [0.2, 0.25) is 0 Å². The normalized spacial score (nSPS) is 22.6. The molecule has 1 saturated heterocycles. The van der Waals surface area contributed by atoms with Crippen LogP contribution in [-0.2, 0) is 28.8 Å². The zero-order chi connectivity index (χ0) is 29.7. The van der Waals surface area contributed by atoms with E-state index in [1.54, 1.807) is 18.2 Å². The Hall–Kier alpha value is -2.49. The van der Waals surface area contributed by atoms with Gasteiger partial charge in [-0.15, -0.1) is 0 Å². The van der Waals surface area contributed by atoms with Gasteiger partial charge >= 0.3 is 0 Å². The van der Waals surface area contributed by atoms with Crippen LogP contribution in [0.4, 0.5) is 0 Å². The van der Waals surface area contributed by atoms with E-state index in [0.29, 0.717) is 35.7 Å². The molecule has 4 rings (SSSR count). The van der Waals surface area contributed by atoms with Crippen LogP contribution in [-0.4, -0.2) is 62.3 Å². The van der Waals surface area contributed by atoms with E-state index in [0.717, 1.165) is 40.7 Å². The quantitative estimate of drug-likeness (QED) is 0.216. The van der Waals surface area contributed by atoms with E-state index < -0.39 is 37.1 Å². The molecule has 1 aliphatic rings. The third-order valence-electron chi connectivity index (χ3n) is 7.64. The van der Waals surface area contributed by atoms with Crippen molar-refractivity contribution in [3.8, 4) is 5.75 Å². The van der Waals surface area contributed by atoms with E-state index in [9.17, 15) is 30.3 Å². The summed E-state index contributed by atoms with van der Waals surface area (Å²) >= 11 is 12.1. The van der Waals surface area contributed by atoms with Crippen LogP contribution in [0, 0.1) is 6.92 Å². The summed E-state index contributed by atoms with van der Waals surface area (Å²) in [4.78, 5) is 12.4. The molecule has 3 aromatic carbocycles. The maximum Gasteiger partial charge on any atom is 0.133 e. The molecule has 5 atom stereocenters. The Balaban J connectivity index is 1.33. The summed E-state index contributed by atoms with van der Waals surface area (Å²) in [6.45, 7) is 1.33. The lowest BCUT2D eigenvalue weighted by molar-refractivity contribution is -0.232. The van der Waals surface area contributed by atoms with Crippen LogP contribution in [0.15, 0.2) is 54.6 Å². The molecule has 0 spiro atoms. The number of rotatable bonds is 11. The Kier molecular flexibility index (Phi) is 10.8. The molecule has 7 nitrogen and oxygen atoms in total. The van der Waals surface area contributed by atoms with Crippen LogP contribution in [0.2, 0.25) is 10.0 Å². The molecule has 0 aromatic heterocycles. The molecule has 220 valence electrons. The molecular formula is C32H36Cl2O7. The van der Waals surface area contributed by atoms with E-state index in [4.69, 9.17) is 27.9 Å². The highest BCUT2D eigenvalue weighted by Crippen LogP contribution is 2.38. The third-order valence-corrected chi connectivity index (χ3v) is 8.07. The first-order valence-electron chi connectivity index (χ1n) is 13.7. The first kappa shape index (κ1) is 31.4. The van der Waals surface area contributed by atoms with E-state index >= 15 is 0 Å². The second-order valence-corrected chi connectivity index (χ2v) is 11.6. The summed E-state index contributed by atoms with van der Waals surface area (Å²) in [7, 11) is 0. The van der Waals surface area contributed by atoms with Crippen LogP contribution in [0.3, 0.4) is 0 Å². The first-order valence-corrected chi connectivity index (χ1v) is 14.5. The van der Waals surface area contributed by atoms with E-state index in [-0.39, 0.29) is 17.1 Å².